The fourth-order valence-electron chi connectivity index (χ4n) is 1.52. The van der Waals surface area contributed by atoms with Gasteiger partial charge in [-0.2, -0.15) is 0 Å². The number of rotatable bonds is 5. The fourth-order valence-corrected chi connectivity index (χ4v) is 1.52. The van der Waals surface area contributed by atoms with Crippen LogP contribution >= 0.6 is 0 Å². The van der Waals surface area contributed by atoms with Gasteiger partial charge in [-0.15, -0.1) is 0 Å². The van der Waals surface area contributed by atoms with Gasteiger partial charge in [0.25, 0.3) is 6.43 Å². The number of alkyl halides is 2. The topological polar surface area (TPSA) is 74.4 Å². The van der Waals surface area contributed by atoms with Gasteiger partial charge in [-0.3, -0.25) is 9.78 Å². The van der Waals surface area contributed by atoms with Crippen LogP contribution in [0.15, 0.2) is 6.20 Å². The van der Waals surface area contributed by atoms with Gasteiger partial charge in [0.05, 0.1) is 32.0 Å². The molecule has 0 radical (unpaired) electrons. The molecule has 0 aliphatic carbocycles. The van der Waals surface area contributed by atoms with Gasteiger partial charge >= 0.3 is 5.97 Å². The Balaban J connectivity index is 3.19. The molecule has 0 aliphatic heterocycles. The van der Waals surface area contributed by atoms with Crippen LogP contribution in [0.5, 0.6) is 5.75 Å². The number of hydrogen-bond donors (Lipinski definition) is 1. The number of halogens is 2. The minimum Gasteiger partial charge on any atom is -0.494 e. The number of pyridine rings is 1. The van der Waals surface area contributed by atoms with Crippen LogP contribution in [0.4, 0.5) is 14.5 Å². The van der Waals surface area contributed by atoms with E-state index in [-0.39, 0.29) is 30.0 Å². The van der Waals surface area contributed by atoms with Crippen molar-refractivity contribution in [2.75, 3.05) is 19.5 Å². The molecule has 1 aromatic rings. The smallest absolute Gasteiger partial charge is 0.310 e. The summed E-state index contributed by atoms with van der Waals surface area (Å²) < 4.78 is 35.3. The van der Waals surface area contributed by atoms with E-state index in [0.29, 0.717) is 0 Å². The van der Waals surface area contributed by atoms with Crippen LogP contribution in [0.2, 0.25) is 0 Å². The first-order valence-electron chi connectivity index (χ1n) is 5.26. The van der Waals surface area contributed by atoms with Crippen LogP contribution in [0.25, 0.3) is 0 Å². The van der Waals surface area contributed by atoms with Gasteiger partial charge < -0.3 is 15.2 Å². The Morgan fingerprint density at radius 3 is 2.72 bits per heavy atom. The average Bonchev–Trinajstić information content (AvgIpc) is 2.29. The number of hydrogen-bond acceptors (Lipinski definition) is 5. The third-order valence-electron chi connectivity index (χ3n) is 2.23. The molecule has 1 rings (SSSR count). The number of esters is 1. The van der Waals surface area contributed by atoms with E-state index in [1.54, 1.807) is 6.92 Å². The number of ether oxygens (including phenoxy) is 2. The molecule has 5 nitrogen and oxygen atoms in total. The molecule has 0 amide bonds. The predicted octanol–water partition coefficient (Wildman–Crippen LogP) is 1.72. The number of aromatic nitrogens is 1. The predicted molar refractivity (Wildman–Crippen MR) is 60.5 cm³/mol. The second kappa shape index (κ2) is 6.13. The van der Waals surface area contributed by atoms with Gasteiger partial charge in [0.1, 0.15) is 11.4 Å². The van der Waals surface area contributed by atoms with Gasteiger partial charge in [0.15, 0.2) is 0 Å². The molecule has 0 spiro atoms. The number of carbonyl (C=O) groups excluding carboxylic acids is 1. The van der Waals surface area contributed by atoms with E-state index in [1.165, 1.54) is 7.11 Å². The Morgan fingerprint density at radius 1 is 1.56 bits per heavy atom. The minimum atomic E-state index is -2.82. The van der Waals surface area contributed by atoms with Gasteiger partial charge in [0.2, 0.25) is 0 Å². The summed E-state index contributed by atoms with van der Waals surface area (Å²) in [6, 6.07) is 0. The molecule has 1 aromatic heterocycles. The molecule has 100 valence electrons. The SMILES string of the molecule is CCOC(=O)Cc1c(C(F)F)ncc(N)c1OC. The Morgan fingerprint density at radius 2 is 2.22 bits per heavy atom. The van der Waals surface area contributed by atoms with Gasteiger partial charge in [-0.05, 0) is 6.92 Å². The van der Waals surface area contributed by atoms with Crippen LogP contribution in [-0.4, -0.2) is 24.7 Å². The molecule has 0 aliphatic rings. The number of nitrogens with two attached hydrogens (primary N) is 1. The van der Waals surface area contributed by atoms with Gasteiger partial charge in [0, 0.05) is 5.56 Å². The molecule has 18 heavy (non-hydrogen) atoms. The van der Waals surface area contributed by atoms with Crippen molar-refractivity contribution in [2.45, 2.75) is 19.8 Å². The van der Waals surface area contributed by atoms with Gasteiger partial charge in [-0.1, -0.05) is 0 Å². The zero-order valence-electron chi connectivity index (χ0n) is 10.1. The standard InChI is InChI=1S/C11H14F2N2O3/c1-3-18-8(16)4-6-9(11(12)13)15-5-7(14)10(6)17-2/h5,11H,3-4,14H2,1-2H3. The van der Waals surface area contributed by atoms with Crippen LogP contribution in [0.1, 0.15) is 24.6 Å². The van der Waals surface area contributed by atoms with E-state index in [4.69, 9.17) is 15.2 Å². The number of carbonyl (C=O) groups is 1. The second-order valence-electron chi connectivity index (χ2n) is 3.39. The summed E-state index contributed by atoms with van der Waals surface area (Å²) in [4.78, 5) is 14.9. The Hall–Kier alpha value is -1.92. The summed E-state index contributed by atoms with van der Waals surface area (Å²) in [6.07, 6.45) is -2.09. The maximum Gasteiger partial charge on any atom is 0.310 e. The maximum atomic E-state index is 12.8. The summed E-state index contributed by atoms with van der Waals surface area (Å²) in [6.45, 7) is 1.79. The van der Waals surface area contributed by atoms with E-state index in [2.05, 4.69) is 4.98 Å². The number of nitrogen functional groups attached to an aromatic ring is 1. The number of nitrogens with zero attached hydrogens (tertiary/aromatic N) is 1. The summed E-state index contributed by atoms with van der Waals surface area (Å²) in [5.41, 5.74) is 5.11. The first-order valence-corrected chi connectivity index (χ1v) is 5.26. The third-order valence-corrected chi connectivity index (χ3v) is 2.23. The van der Waals surface area contributed by atoms with Crippen LogP contribution in [-0.2, 0) is 16.0 Å². The van der Waals surface area contributed by atoms with Crippen molar-refractivity contribution in [1.29, 1.82) is 0 Å². The van der Waals surface area contributed by atoms with Crippen LogP contribution in [0, 0.1) is 0 Å². The molecule has 0 atom stereocenters. The molecule has 7 heteroatoms. The van der Waals surface area contributed by atoms with Gasteiger partial charge in [-0.25, -0.2) is 8.78 Å². The molecule has 0 aromatic carbocycles. The summed E-state index contributed by atoms with van der Waals surface area (Å²) in [5, 5.41) is 0. The molecule has 1 heterocycles. The number of anilines is 1. The molecular weight excluding hydrogens is 246 g/mol. The molecule has 0 bridgehead atoms. The zero-order valence-corrected chi connectivity index (χ0v) is 10.1. The summed E-state index contributed by atoms with van der Waals surface area (Å²) in [5.74, 6) is -0.599. The molecule has 2 N–H and O–H groups in total. The van der Waals surface area contributed by atoms with Crippen molar-refractivity contribution in [2.24, 2.45) is 0 Å². The maximum absolute atomic E-state index is 12.8. The van der Waals surface area contributed by atoms with Crippen molar-refractivity contribution < 1.29 is 23.0 Å². The van der Waals surface area contributed by atoms with E-state index < -0.39 is 18.1 Å². The number of methoxy groups -OCH3 is 1. The highest BCUT2D eigenvalue weighted by Crippen LogP contribution is 2.33. The molecule has 0 unspecified atom stereocenters. The average molecular weight is 260 g/mol. The van der Waals surface area contributed by atoms with E-state index in [1.807, 2.05) is 0 Å². The van der Waals surface area contributed by atoms with E-state index in [0.717, 1.165) is 6.20 Å². The zero-order chi connectivity index (χ0) is 13.7. The monoisotopic (exact) mass is 260 g/mol. The largest absolute Gasteiger partial charge is 0.494 e. The molecule has 0 saturated carbocycles. The Kier molecular flexibility index (Phi) is 4.82. The second-order valence-corrected chi connectivity index (χ2v) is 3.39. The minimum absolute atomic E-state index is 0.0355. The highest BCUT2D eigenvalue weighted by Gasteiger charge is 2.23. The van der Waals surface area contributed by atoms with E-state index >= 15 is 0 Å². The Bertz CT molecular complexity index is 439. The first-order chi connectivity index (χ1) is 8.51. The quantitative estimate of drug-likeness (QED) is 0.816. The first kappa shape index (κ1) is 14.1. The van der Waals surface area contributed by atoms with E-state index in [9.17, 15) is 13.6 Å². The van der Waals surface area contributed by atoms with Crippen molar-refractivity contribution in [3.05, 3.63) is 17.5 Å². The lowest BCUT2D eigenvalue weighted by molar-refractivity contribution is -0.142. The highest BCUT2D eigenvalue weighted by atomic mass is 19.3. The molecule has 0 saturated heterocycles. The summed E-state index contributed by atoms with van der Waals surface area (Å²) in [7, 11) is 1.29. The summed E-state index contributed by atoms with van der Waals surface area (Å²) >= 11 is 0. The van der Waals surface area contributed by atoms with Crippen LogP contribution in [0.3, 0.4) is 0 Å². The lowest BCUT2D eigenvalue weighted by atomic mass is 10.1. The molecule has 0 fully saturated rings. The Labute approximate surface area is 103 Å². The lowest BCUT2D eigenvalue weighted by Gasteiger charge is -2.14. The van der Waals surface area contributed by atoms with Crippen molar-refractivity contribution >= 4 is 11.7 Å². The highest BCUT2D eigenvalue weighted by molar-refractivity contribution is 5.75. The molecular formula is C11H14F2N2O3. The fraction of sp³-hybridized carbons (Fsp3) is 0.455. The van der Waals surface area contributed by atoms with Crippen molar-refractivity contribution in [3.63, 3.8) is 0 Å². The van der Waals surface area contributed by atoms with Crippen LogP contribution < -0.4 is 10.5 Å². The van der Waals surface area contributed by atoms with Crippen molar-refractivity contribution in [1.82, 2.24) is 4.98 Å². The lowest BCUT2D eigenvalue weighted by Crippen LogP contribution is -2.13. The normalized spacial score (nSPS) is 10.5. The van der Waals surface area contributed by atoms with Crippen molar-refractivity contribution in [3.8, 4) is 5.75 Å². The third kappa shape index (κ3) is 3.06.